The third kappa shape index (κ3) is 7.79. The molecule has 1 rings (SSSR count). The molecule has 0 aliphatic carbocycles. The smallest absolute Gasteiger partial charge is 0.211 e. The third-order valence-corrected chi connectivity index (χ3v) is 4.96. The summed E-state index contributed by atoms with van der Waals surface area (Å²) in [4.78, 5) is 4.56. The van der Waals surface area contributed by atoms with Crippen molar-refractivity contribution in [3.8, 4) is 0 Å². The van der Waals surface area contributed by atoms with Gasteiger partial charge in [0.1, 0.15) is 0 Å². The fourth-order valence-electron chi connectivity index (χ4n) is 2.23. The Labute approximate surface area is 146 Å². The zero-order valence-electron chi connectivity index (χ0n) is 15.2. The largest absolute Gasteiger partial charge is 0.357 e. The highest BCUT2D eigenvalue weighted by molar-refractivity contribution is 7.88. The third-order valence-electron chi connectivity index (χ3n) is 3.58. The van der Waals surface area contributed by atoms with E-state index in [1.807, 2.05) is 13.8 Å². The van der Waals surface area contributed by atoms with Crippen LogP contribution in [0.1, 0.15) is 31.4 Å². The van der Waals surface area contributed by atoms with E-state index in [0.29, 0.717) is 26.2 Å². The van der Waals surface area contributed by atoms with E-state index in [9.17, 15) is 8.42 Å². The van der Waals surface area contributed by atoms with E-state index in [4.69, 9.17) is 0 Å². The van der Waals surface area contributed by atoms with E-state index in [2.05, 4.69) is 46.8 Å². The van der Waals surface area contributed by atoms with Gasteiger partial charge in [-0.05, 0) is 25.8 Å². The Balaban J connectivity index is 2.48. The number of nitrogens with zero attached hydrogens (tertiary/aromatic N) is 2. The first kappa shape index (κ1) is 20.4. The molecular weight excluding hydrogens is 324 g/mol. The number of aliphatic imine (C=N–C) groups is 1. The van der Waals surface area contributed by atoms with Gasteiger partial charge in [-0.15, -0.1) is 0 Å². The van der Waals surface area contributed by atoms with Crippen molar-refractivity contribution >= 4 is 16.0 Å². The summed E-state index contributed by atoms with van der Waals surface area (Å²) in [7, 11) is -3.12. The van der Waals surface area contributed by atoms with Crippen molar-refractivity contribution in [2.75, 3.05) is 32.4 Å². The first-order chi connectivity index (χ1) is 11.4. The van der Waals surface area contributed by atoms with Gasteiger partial charge in [0.15, 0.2) is 5.96 Å². The second kappa shape index (κ2) is 10.3. The highest BCUT2D eigenvalue weighted by Crippen LogP contribution is 2.04. The summed E-state index contributed by atoms with van der Waals surface area (Å²) >= 11 is 0. The minimum atomic E-state index is -3.12. The lowest BCUT2D eigenvalue weighted by atomic mass is 10.1. The fourth-order valence-corrected chi connectivity index (χ4v) is 3.16. The standard InChI is InChI=1S/C17H30N4O2S/c1-5-18-17(20-14-16-10-8-15(3)9-11-16)19-12-7-13-21(6-2)24(4,22)23/h8-11H,5-7,12-14H2,1-4H3,(H2,18,19,20). The van der Waals surface area contributed by atoms with Gasteiger partial charge in [-0.25, -0.2) is 17.7 Å². The maximum absolute atomic E-state index is 11.5. The lowest BCUT2D eigenvalue weighted by molar-refractivity contribution is 0.424. The zero-order valence-corrected chi connectivity index (χ0v) is 16.0. The van der Waals surface area contributed by atoms with Gasteiger partial charge in [0.2, 0.25) is 10.0 Å². The van der Waals surface area contributed by atoms with Gasteiger partial charge >= 0.3 is 0 Å². The molecular formula is C17H30N4O2S. The van der Waals surface area contributed by atoms with Gasteiger partial charge in [-0.3, -0.25) is 0 Å². The molecule has 7 heteroatoms. The van der Waals surface area contributed by atoms with Crippen LogP contribution in [0.5, 0.6) is 0 Å². The lowest BCUT2D eigenvalue weighted by Crippen LogP contribution is -2.39. The molecule has 0 saturated heterocycles. The SMILES string of the molecule is CCNC(=NCc1ccc(C)cc1)NCCCN(CC)S(C)(=O)=O. The Morgan fingerprint density at radius 1 is 1.17 bits per heavy atom. The summed E-state index contributed by atoms with van der Waals surface area (Å²) in [6.45, 7) is 9.01. The van der Waals surface area contributed by atoms with Crippen LogP contribution in [0, 0.1) is 6.92 Å². The number of aryl methyl sites for hydroxylation is 1. The van der Waals surface area contributed by atoms with Crippen molar-refractivity contribution in [3.05, 3.63) is 35.4 Å². The minimum absolute atomic E-state index is 0.500. The van der Waals surface area contributed by atoms with E-state index >= 15 is 0 Å². The molecule has 1 aromatic rings. The van der Waals surface area contributed by atoms with Crippen LogP contribution in [0.2, 0.25) is 0 Å². The van der Waals surface area contributed by atoms with Crippen molar-refractivity contribution < 1.29 is 8.42 Å². The van der Waals surface area contributed by atoms with E-state index in [1.54, 1.807) is 0 Å². The van der Waals surface area contributed by atoms with Crippen LogP contribution in [-0.2, 0) is 16.6 Å². The lowest BCUT2D eigenvalue weighted by Gasteiger charge is -2.18. The summed E-state index contributed by atoms with van der Waals surface area (Å²) in [5, 5.41) is 6.45. The summed E-state index contributed by atoms with van der Waals surface area (Å²) in [6, 6.07) is 8.31. The van der Waals surface area contributed by atoms with Crippen LogP contribution in [0.25, 0.3) is 0 Å². The Hall–Kier alpha value is -1.60. The van der Waals surface area contributed by atoms with Crippen molar-refractivity contribution in [1.29, 1.82) is 0 Å². The van der Waals surface area contributed by atoms with Crippen molar-refractivity contribution in [3.63, 3.8) is 0 Å². The first-order valence-electron chi connectivity index (χ1n) is 8.39. The van der Waals surface area contributed by atoms with Crippen LogP contribution >= 0.6 is 0 Å². The molecule has 0 saturated carbocycles. The number of hydrogen-bond donors (Lipinski definition) is 2. The summed E-state index contributed by atoms with van der Waals surface area (Å²) in [6.07, 6.45) is 1.98. The molecule has 24 heavy (non-hydrogen) atoms. The van der Waals surface area contributed by atoms with Gasteiger partial charge < -0.3 is 10.6 Å². The Morgan fingerprint density at radius 3 is 2.38 bits per heavy atom. The summed E-state index contributed by atoms with van der Waals surface area (Å²) in [5.74, 6) is 0.750. The van der Waals surface area contributed by atoms with Crippen LogP contribution in [-0.4, -0.2) is 51.1 Å². The topological polar surface area (TPSA) is 73.8 Å². The molecule has 0 aromatic heterocycles. The van der Waals surface area contributed by atoms with Crippen molar-refractivity contribution in [2.24, 2.45) is 4.99 Å². The van der Waals surface area contributed by atoms with Gasteiger partial charge in [-0.2, -0.15) is 0 Å². The van der Waals surface area contributed by atoms with Gasteiger partial charge in [0, 0.05) is 26.2 Å². The van der Waals surface area contributed by atoms with E-state index in [0.717, 1.165) is 24.5 Å². The highest BCUT2D eigenvalue weighted by Gasteiger charge is 2.13. The van der Waals surface area contributed by atoms with Gasteiger partial charge in [0.05, 0.1) is 12.8 Å². The normalized spacial score (nSPS) is 12.5. The van der Waals surface area contributed by atoms with E-state index < -0.39 is 10.0 Å². The zero-order chi connectivity index (χ0) is 18.0. The van der Waals surface area contributed by atoms with Gasteiger partial charge in [0.25, 0.3) is 0 Å². The number of hydrogen-bond acceptors (Lipinski definition) is 3. The molecule has 1 aromatic carbocycles. The van der Waals surface area contributed by atoms with Gasteiger partial charge in [-0.1, -0.05) is 36.8 Å². The minimum Gasteiger partial charge on any atom is -0.357 e. The molecule has 0 atom stereocenters. The highest BCUT2D eigenvalue weighted by atomic mass is 32.2. The molecule has 0 heterocycles. The molecule has 0 aliphatic heterocycles. The maximum atomic E-state index is 11.5. The molecule has 0 spiro atoms. The summed E-state index contributed by atoms with van der Waals surface area (Å²) < 4.78 is 24.6. The van der Waals surface area contributed by atoms with Crippen molar-refractivity contribution in [2.45, 2.75) is 33.7 Å². The molecule has 0 amide bonds. The first-order valence-corrected chi connectivity index (χ1v) is 10.2. The number of benzene rings is 1. The number of sulfonamides is 1. The quantitative estimate of drug-likeness (QED) is 0.402. The monoisotopic (exact) mass is 354 g/mol. The average Bonchev–Trinajstić information content (AvgIpc) is 2.52. The second-order valence-corrected chi connectivity index (χ2v) is 7.70. The molecule has 0 unspecified atom stereocenters. The number of rotatable bonds is 9. The van der Waals surface area contributed by atoms with E-state index in [-0.39, 0.29) is 0 Å². The maximum Gasteiger partial charge on any atom is 0.211 e. The van der Waals surface area contributed by atoms with Crippen LogP contribution in [0.4, 0.5) is 0 Å². The number of guanidine groups is 1. The summed E-state index contributed by atoms with van der Waals surface area (Å²) in [5.41, 5.74) is 2.39. The molecule has 136 valence electrons. The predicted octanol–water partition coefficient (Wildman–Crippen LogP) is 1.72. The second-order valence-electron chi connectivity index (χ2n) is 5.72. The molecule has 0 fully saturated rings. The van der Waals surface area contributed by atoms with Crippen LogP contribution in [0.15, 0.2) is 29.3 Å². The molecule has 0 aliphatic rings. The Morgan fingerprint density at radius 2 is 1.83 bits per heavy atom. The molecule has 6 nitrogen and oxygen atoms in total. The van der Waals surface area contributed by atoms with Crippen LogP contribution < -0.4 is 10.6 Å². The Bertz CT molecular complexity index is 612. The van der Waals surface area contributed by atoms with Crippen molar-refractivity contribution in [1.82, 2.24) is 14.9 Å². The molecule has 0 bridgehead atoms. The Kier molecular flexibility index (Phi) is 8.78. The van der Waals surface area contributed by atoms with E-state index in [1.165, 1.54) is 16.1 Å². The number of nitrogens with one attached hydrogen (secondary N) is 2. The van der Waals surface area contributed by atoms with Crippen LogP contribution in [0.3, 0.4) is 0 Å². The molecule has 2 N–H and O–H groups in total. The molecule has 0 radical (unpaired) electrons. The fraction of sp³-hybridized carbons (Fsp3) is 0.588. The predicted molar refractivity (Wildman–Crippen MR) is 101 cm³/mol. The average molecular weight is 355 g/mol.